The summed E-state index contributed by atoms with van der Waals surface area (Å²) in [6.07, 6.45) is 5.45. The first-order chi connectivity index (χ1) is 11.4. The Morgan fingerprint density at radius 3 is 2.71 bits per heavy atom. The van der Waals surface area contributed by atoms with Gasteiger partial charge in [-0.05, 0) is 24.6 Å². The van der Waals surface area contributed by atoms with Crippen molar-refractivity contribution in [3.63, 3.8) is 0 Å². The smallest absolute Gasteiger partial charge is 0.231 e. The number of hydrogen-bond acceptors (Lipinski definition) is 5. The quantitative estimate of drug-likeness (QED) is 0.897. The number of carbonyl (C=O) groups is 1. The number of nitrogens with one attached hydrogen (secondary N) is 2. The summed E-state index contributed by atoms with van der Waals surface area (Å²) in [4.78, 5) is 21.9. The minimum absolute atomic E-state index is 0.0882. The normalized spacial score (nSPS) is 20.7. The first kappa shape index (κ1) is 15.9. The zero-order valence-corrected chi connectivity index (χ0v) is 13.8. The van der Waals surface area contributed by atoms with Crippen LogP contribution in [0.4, 0.5) is 0 Å². The second-order valence-electron chi connectivity index (χ2n) is 5.99. The molecule has 0 aliphatic carbocycles. The Kier molecular flexibility index (Phi) is 3.92. The average molecular weight is 325 g/mol. The van der Waals surface area contributed by atoms with Crippen molar-refractivity contribution in [2.75, 3.05) is 14.2 Å². The van der Waals surface area contributed by atoms with Crippen molar-refractivity contribution < 1.29 is 9.53 Å². The van der Waals surface area contributed by atoms with E-state index < -0.39 is 5.54 Å². The van der Waals surface area contributed by atoms with Crippen molar-refractivity contribution in [2.24, 2.45) is 0 Å². The molecule has 3 heterocycles. The maximum absolute atomic E-state index is 12.1. The van der Waals surface area contributed by atoms with Crippen LogP contribution in [0.25, 0.3) is 11.1 Å². The van der Waals surface area contributed by atoms with Gasteiger partial charge in [0.25, 0.3) is 0 Å². The van der Waals surface area contributed by atoms with Gasteiger partial charge in [0, 0.05) is 42.8 Å². The molecule has 0 unspecified atom stereocenters. The number of aromatic nitrogens is 2. The second-order valence-corrected chi connectivity index (χ2v) is 5.99. The van der Waals surface area contributed by atoms with Gasteiger partial charge in [-0.25, -0.2) is 4.98 Å². The lowest BCUT2D eigenvalue weighted by Gasteiger charge is -2.39. The second kappa shape index (κ2) is 5.92. The van der Waals surface area contributed by atoms with Gasteiger partial charge < -0.3 is 10.1 Å². The van der Waals surface area contributed by atoms with E-state index in [4.69, 9.17) is 10.1 Å². The number of pyridine rings is 2. The summed E-state index contributed by atoms with van der Waals surface area (Å²) in [5.41, 5.74) is 1.98. The molecule has 0 saturated carbocycles. The molecule has 124 valence electrons. The van der Waals surface area contributed by atoms with Crippen LogP contribution < -0.4 is 10.1 Å². The summed E-state index contributed by atoms with van der Waals surface area (Å²) in [5.74, 6) is 0.536. The fraction of sp³-hybridized carbons (Fsp3) is 0.294. The summed E-state index contributed by atoms with van der Waals surface area (Å²) in [6, 6.07) is 5.66. The molecule has 2 aromatic heterocycles. The summed E-state index contributed by atoms with van der Waals surface area (Å²) in [6.45, 7) is 1.90. The Morgan fingerprint density at radius 2 is 2.08 bits per heavy atom. The van der Waals surface area contributed by atoms with Crippen LogP contribution in [-0.4, -0.2) is 40.9 Å². The zero-order valence-electron chi connectivity index (χ0n) is 13.8. The standard InChI is InChI=1S/C17H19N5O2/c1-17(7-15(23)22(2)16(18)21-17)13-6-12(8-19-10-13)11-4-5-14(24-3)20-9-11/h4-6,8-10H,7H2,1-3H3,(H2,18,21)/t17-/m0/s1. The van der Waals surface area contributed by atoms with E-state index in [9.17, 15) is 4.79 Å². The molecule has 1 amide bonds. The van der Waals surface area contributed by atoms with Gasteiger partial charge in [0.2, 0.25) is 11.8 Å². The highest BCUT2D eigenvalue weighted by molar-refractivity contribution is 5.98. The van der Waals surface area contributed by atoms with Crippen LogP contribution in [-0.2, 0) is 10.3 Å². The SMILES string of the molecule is COc1ccc(-c2cncc([C@]3(C)CC(=O)N(C)C(=N)N3)c2)cn1. The third-order valence-electron chi connectivity index (χ3n) is 4.26. The van der Waals surface area contributed by atoms with E-state index in [1.807, 2.05) is 19.1 Å². The molecule has 2 aromatic rings. The van der Waals surface area contributed by atoms with Crippen LogP contribution in [0, 0.1) is 5.41 Å². The predicted octanol–water partition coefficient (Wildman–Crippen LogP) is 1.75. The Labute approximate surface area is 140 Å². The molecule has 0 aromatic carbocycles. The predicted molar refractivity (Wildman–Crippen MR) is 89.6 cm³/mol. The van der Waals surface area contributed by atoms with E-state index in [0.29, 0.717) is 5.88 Å². The summed E-state index contributed by atoms with van der Waals surface area (Å²) >= 11 is 0. The van der Waals surface area contributed by atoms with Gasteiger partial charge in [-0.1, -0.05) is 0 Å². The minimum Gasteiger partial charge on any atom is -0.481 e. The van der Waals surface area contributed by atoms with Gasteiger partial charge >= 0.3 is 0 Å². The molecule has 0 spiro atoms. The largest absolute Gasteiger partial charge is 0.481 e. The fourth-order valence-electron chi connectivity index (χ4n) is 2.68. The van der Waals surface area contributed by atoms with E-state index in [0.717, 1.165) is 16.7 Å². The maximum Gasteiger partial charge on any atom is 0.231 e. The molecule has 0 radical (unpaired) electrons. The van der Waals surface area contributed by atoms with Crippen molar-refractivity contribution in [3.8, 4) is 17.0 Å². The first-order valence-corrected chi connectivity index (χ1v) is 7.52. The van der Waals surface area contributed by atoms with Crippen LogP contribution in [0.1, 0.15) is 18.9 Å². The fourth-order valence-corrected chi connectivity index (χ4v) is 2.68. The van der Waals surface area contributed by atoms with Crippen molar-refractivity contribution in [1.29, 1.82) is 5.41 Å². The van der Waals surface area contributed by atoms with E-state index in [2.05, 4.69) is 15.3 Å². The molecule has 24 heavy (non-hydrogen) atoms. The molecule has 0 bridgehead atoms. The van der Waals surface area contributed by atoms with Crippen molar-refractivity contribution in [1.82, 2.24) is 20.2 Å². The highest BCUT2D eigenvalue weighted by Gasteiger charge is 2.38. The lowest BCUT2D eigenvalue weighted by atomic mass is 9.86. The van der Waals surface area contributed by atoms with Crippen molar-refractivity contribution in [2.45, 2.75) is 18.9 Å². The topological polar surface area (TPSA) is 91.2 Å². The maximum atomic E-state index is 12.1. The molecule has 1 atom stereocenters. The highest BCUT2D eigenvalue weighted by atomic mass is 16.5. The highest BCUT2D eigenvalue weighted by Crippen LogP contribution is 2.31. The average Bonchev–Trinajstić information content (AvgIpc) is 2.60. The molecule has 3 rings (SSSR count). The van der Waals surface area contributed by atoms with Gasteiger partial charge in [0.15, 0.2) is 5.96 Å². The van der Waals surface area contributed by atoms with Crippen LogP contribution in [0.2, 0.25) is 0 Å². The van der Waals surface area contributed by atoms with Crippen LogP contribution in [0.15, 0.2) is 36.8 Å². The minimum atomic E-state index is -0.663. The molecule has 1 saturated heterocycles. The third kappa shape index (κ3) is 2.80. The lowest BCUT2D eigenvalue weighted by Crippen LogP contribution is -2.58. The molecule has 1 aliphatic heterocycles. The van der Waals surface area contributed by atoms with Crippen molar-refractivity contribution in [3.05, 3.63) is 42.4 Å². The molecular formula is C17H19N5O2. The number of hydrogen-bond donors (Lipinski definition) is 2. The Hall–Kier alpha value is -2.96. The number of guanidine groups is 1. The first-order valence-electron chi connectivity index (χ1n) is 7.52. The monoisotopic (exact) mass is 325 g/mol. The number of nitrogens with zero attached hydrogens (tertiary/aromatic N) is 3. The van der Waals surface area contributed by atoms with E-state index in [1.54, 1.807) is 38.8 Å². The molecule has 2 N–H and O–H groups in total. The molecule has 1 aliphatic rings. The van der Waals surface area contributed by atoms with Gasteiger partial charge in [-0.2, -0.15) is 0 Å². The van der Waals surface area contributed by atoms with E-state index in [1.165, 1.54) is 4.90 Å². The van der Waals surface area contributed by atoms with Crippen LogP contribution >= 0.6 is 0 Å². The molecule has 7 nitrogen and oxygen atoms in total. The molecule has 7 heteroatoms. The number of carbonyl (C=O) groups excluding carboxylic acids is 1. The summed E-state index contributed by atoms with van der Waals surface area (Å²) in [7, 11) is 3.16. The summed E-state index contributed by atoms with van der Waals surface area (Å²) in [5, 5.41) is 11.0. The van der Waals surface area contributed by atoms with Crippen LogP contribution in [0.3, 0.4) is 0 Å². The van der Waals surface area contributed by atoms with Gasteiger partial charge in [0.1, 0.15) is 0 Å². The lowest BCUT2D eigenvalue weighted by molar-refractivity contribution is -0.129. The summed E-state index contributed by atoms with van der Waals surface area (Å²) < 4.78 is 5.07. The molecular weight excluding hydrogens is 306 g/mol. The Morgan fingerprint density at radius 1 is 1.29 bits per heavy atom. The van der Waals surface area contributed by atoms with E-state index >= 15 is 0 Å². The van der Waals surface area contributed by atoms with Gasteiger partial charge in [0.05, 0.1) is 19.1 Å². The number of ether oxygens (including phenoxy) is 1. The van der Waals surface area contributed by atoms with E-state index in [-0.39, 0.29) is 18.3 Å². The van der Waals surface area contributed by atoms with Gasteiger partial charge in [-0.3, -0.25) is 20.1 Å². The number of amides is 1. The number of rotatable bonds is 3. The van der Waals surface area contributed by atoms with Crippen molar-refractivity contribution >= 4 is 11.9 Å². The third-order valence-corrected chi connectivity index (χ3v) is 4.26. The van der Waals surface area contributed by atoms with Gasteiger partial charge in [-0.15, -0.1) is 0 Å². The zero-order chi connectivity index (χ0) is 17.3. The number of methoxy groups -OCH3 is 1. The molecule has 1 fully saturated rings. The van der Waals surface area contributed by atoms with Crippen LogP contribution in [0.5, 0.6) is 5.88 Å². The Balaban J connectivity index is 1.95. The Bertz CT molecular complexity index is 770.